The fourth-order valence-corrected chi connectivity index (χ4v) is 5.12. The van der Waals surface area contributed by atoms with Crippen molar-refractivity contribution in [3.63, 3.8) is 0 Å². The molecule has 0 aliphatic carbocycles. The molecule has 2 saturated heterocycles. The lowest BCUT2D eigenvalue weighted by molar-refractivity contribution is -0.131. The van der Waals surface area contributed by atoms with Gasteiger partial charge >= 0.3 is 0 Å². The number of carbonyl (C=O) groups is 2. The number of para-hydroxylation sites is 2. The highest BCUT2D eigenvalue weighted by Crippen LogP contribution is 2.25. The smallest absolute Gasteiger partial charge is 0.270 e. The van der Waals surface area contributed by atoms with E-state index in [1.54, 1.807) is 0 Å². The molecule has 2 aliphatic heterocycles. The number of fused-ring (bicyclic) bond motifs is 1. The Hall–Kier alpha value is -3.28. The summed E-state index contributed by atoms with van der Waals surface area (Å²) in [6.07, 6.45) is 3.49. The molecule has 2 amide bonds. The summed E-state index contributed by atoms with van der Waals surface area (Å²) >= 11 is 0. The van der Waals surface area contributed by atoms with Crippen LogP contribution in [0.2, 0.25) is 0 Å². The lowest BCUT2D eigenvalue weighted by Crippen LogP contribution is -2.48. The Morgan fingerprint density at radius 1 is 0.818 bits per heavy atom. The molecule has 33 heavy (non-hydrogen) atoms. The Balaban J connectivity index is 1.05. The second-order valence-electron chi connectivity index (χ2n) is 9.25. The summed E-state index contributed by atoms with van der Waals surface area (Å²) in [6.45, 7) is 4.91. The number of benzene rings is 2. The van der Waals surface area contributed by atoms with Gasteiger partial charge in [-0.25, -0.2) is 0 Å². The molecule has 172 valence electrons. The number of likely N-dealkylation sites (tertiary alicyclic amines) is 1. The van der Waals surface area contributed by atoms with Gasteiger partial charge in [0.2, 0.25) is 5.91 Å². The molecule has 2 fully saturated rings. The van der Waals surface area contributed by atoms with Gasteiger partial charge in [0.15, 0.2) is 0 Å². The number of nitrogens with one attached hydrogen (secondary N) is 1. The molecule has 1 aromatic heterocycles. The normalized spacial score (nSPS) is 17.5. The van der Waals surface area contributed by atoms with Crippen LogP contribution in [-0.2, 0) is 4.79 Å². The number of hydrogen-bond donors (Lipinski definition) is 1. The third kappa shape index (κ3) is 4.90. The van der Waals surface area contributed by atoms with Crippen LogP contribution in [0.5, 0.6) is 0 Å². The van der Waals surface area contributed by atoms with Crippen molar-refractivity contribution in [1.82, 2.24) is 14.8 Å². The third-order valence-corrected chi connectivity index (χ3v) is 7.18. The maximum atomic E-state index is 12.9. The molecule has 0 unspecified atom stereocenters. The van der Waals surface area contributed by atoms with Crippen molar-refractivity contribution in [1.29, 1.82) is 0 Å². The molecule has 6 nitrogen and oxygen atoms in total. The fourth-order valence-electron chi connectivity index (χ4n) is 5.12. The number of piperidine rings is 1. The minimum absolute atomic E-state index is 0.0806. The fraction of sp³-hybridized carbons (Fsp3) is 0.407. The summed E-state index contributed by atoms with van der Waals surface area (Å²) in [7, 11) is 0. The Morgan fingerprint density at radius 2 is 1.52 bits per heavy atom. The Morgan fingerprint density at radius 3 is 2.24 bits per heavy atom. The number of aromatic amines is 1. The van der Waals surface area contributed by atoms with Gasteiger partial charge in [-0.2, -0.15) is 0 Å². The van der Waals surface area contributed by atoms with Gasteiger partial charge < -0.3 is 19.7 Å². The van der Waals surface area contributed by atoms with E-state index in [1.165, 1.54) is 5.69 Å². The monoisotopic (exact) mass is 444 g/mol. The average Bonchev–Trinajstić information content (AvgIpc) is 3.32. The van der Waals surface area contributed by atoms with E-state index >= 15 is 0 Å². The molecular weight excluding hydrogens is 412 g/mol. The molecule has 2 aromatic carbocycles. The first-order valence-electron chi connectivity index (χ1n) is 12.1. The summed E-state index contributed by atoms with van der Waals surface area (Å²) in [5, 5.41) is 1.07. The van der Waals surface area contributed by atoms with Gasteiger partial charge in [-0.05, 0) is 49.4 Å². The van der Waals surface area contributed by atoms with Gasteiger partial charge in [-0.1, -0.05) is 36.4 Å². The predicted octanol–water partition coefficient (Wildman–Crippen LogP) is 4.15. The molecule has 5 rings (SSSR count). The number of nitrogens with zero attached hydrogens (tertiary/aromatic N) is 3. The SMILES string of the molecule is O=C(CCC1CCN(C(=O)c2cc3ccccc3[nH]2)CC1)N1CCN(c2ccccc2)CC1. The summed E-state index contributed by atoms with van der Waals surface area (Å²) in [6, 6.07) is 20.3. The number of hydrogen-bond acceptors (Lipinski definition) is 3. The first-order valence-corrected chi connectivity index (χ1v) is 12.1. The molecule has 0 bridgehead atoms. The van der Waals surface area contributed by atoms with Crippen LogP contribution >= 0.6 is 0 Å². The van der Waals surface area contributed by atoms with E-state index in [4.69, 9.17) is 0 Å². The minimum Gasteiger partial charge on any atom is -0.368 e. The summed E-state index contributed by atoms with van der Waals surface area (Å²) in [5.41, 5.74) is 2.90. The highest BCUT2D eigenvalue weighted by molar-refractivity contribution is 5.98. The van der Waals surface area contributed by atoms with Crippen molar-refractivity contribution >= 4 is 28.4 Å². The van der Waals surface area contributed by atoms with E-state index in [-0.39, 0.29) is 11.8 Å². The number of anilines is 1. The van der Waals surface area contributed by atoms with Crippen LogP contribution in [-0.4, -0.2) is 65.9 Å². The number of rotatable bonds is 5. The topological polar surface area (TPSA) is 59.7 Å². The predicted molar refractivity (Wildman–Crippen MR) is 131 cm³/mol. The lowest BCUT2D eigenvalue weighted by Gasteiger charge is -2.36. The largest absolute Gasteiger partial charge is 0.368 e. The zero-order chi connectivity index (χ0) is 22.6. The summed E-state index contributed by atoms with van der Waals surface area (Å²) in [4.78, 5) is 35.2. The van der Waals surface area contributed by atoms with Gasteiger partial charge in [-0.15, -0.1) is 0 Å². The van der Waals surface area contributed by atoms with Crippen molar-refractivity contribution in [3.8, 4) is 0 Å². The van der Waals surface area contributed by atoms with E-state index in [9.17, 15) is 9.59 Å². The van der Waals surface area contributed by atoms with Crippen molar-refractivity contribution in [2.75, 3.05) is 44.2 Å². The van der Waals surface area contributed by atoms with E-state index in [0.29, 0.717) is 18.0 Å². The van der Waals surface area contributed by atoms with E-state index < -0.39 is 0 Å². The Bertz CT molecular complexity index is 1060. The summed E-state index contributed by atoms with van der Waals surface area (Å²) in [5.74, 6) is 0.877. The van der Waals surface area contributed by atoms with Gasteiger partial charge in [-0.3, -0.25) is 9.59 Å². The van der Waals surface area contributed by atoms with Crippen LogP contribution in [0.25, 0.3) is 10.9 Å². The molecule has 0 radical (unpaired) electrons. The molecule has 3 heterocycles. The quantitative estimate of drug-likeness (QED) is 0.643. The molecule has 0 spiro atoms. The summed E-state index contributed by atoms with van der Waals surface area (Å²) < 4.78 is 0. The van der Waals surface area contributed by atoms with Gasteiger partial charge in [0.1, 0.15) is 5.69 Å². The first kappa shape index (κ1) is 21.6. The highest BCUT2D eigenvalue weighted by Gasteiger charge is 2.26. The second-order valence-corrected chi connectivity index (χ2v) is 9.25. The zero-order valence-corrected chi connectivity index (χ0v) is 19.1. The van der Waals surface area contributed by atoms with Gasteiger partial charge in [0.25, 0.3) is 5.91 Å². The molecule has 0 atom stereocenters. The van der Waals surface area contributed by atoms with Crippen LogP contribution in [0, 0.1) is 5.92 Å². The molecule has 1 N–H and O–H groups in total. The number of carbonyl (C=O) groups excluding carboxylic acids is 2. The van der Waals surface area contributed by atoms with E-state index in [0.717, 1.165) is 69.4 Å². The lowest BCUT2D eigenvalue weighted by atomic mass is 9.91. The van der Waals surface area contributed by atoms with Gasteiger partial charge in [0, 0.05) is 62.3 Å². The molecular formula is C27H32N4O2. The van der Waals surface area contributed by atoms with Crippen LogP contribution < -0.4 is 4.90 Å². The number of piperazine rings is 1. The molecule has 6 heteroatoms. The second kappa shape index (κ2) is 9.69. The Labute approximate surface area is 195 Å². The van der Waals surface area contributed by atoms with Crippen LogP contribution in [0.3, 0.4) is 0 Å². The third-order valence-electron chi connectivity index (χ3n) is 7.18. The maximum Gasteiger partial charge on any atom is 0.270 e. The zero-order valence-electron chi connectivity index (χ0n) is 19.1. The van der Waals surface area contributed by atoms with Crippen LogP contribution in [0.15, 0.2) is 60.7 Å². The molecule has 0 saturated carbocycles. The van der Waals surface area contributed by atoms with Gasteiger partial charge in [0.05, 0.1) is 0 Å². The number of amides is 2. The van der Waals surface area contributed by atoms with E-state index in [1.807, 2.05) is 46.2 Å². The average molecular weight is 445 g/mol. The first-order chi connectivity index (χ1) is 16.2. The molecule has 3 aromatic rings. The number of aromatic nitrogens is 1. The van der Waals surface area contributed by atoms with Crippen LogP contribution in [0.1, 0.15) is 36.2 Å². The molecule has 2 aliphatic rings. The standard InChI is InChI=1S/C27H32N4O2/c32-26(30-18-16-29(17-19-30)23-7-2-1-3-8-23)11-10-21-12-14-31(15-13-21)27(33)25-20-22-6-4-5-9-24(22)28-25/h1-9,20-21,28H,10-19H2. The van der Waals surface area contributed by atoms with Crippen molar-refractivity contribution < 1.29 is 9.59 Å². The van der Waals surface area contributed by atoms with Crippen molar-refractivity contribution in [2.24, 2.45) is 5.92 Å². The van der Waals surface area contributed by atoms with Crippen molar-refractivity contribution in [3.05, 3.63) is 66.4 Å². The maximum absolute atomic E-state index is 12.9. The minimum atomic E-state index is 0.0806. The number of H-pyrrole nitrogens is 1. The Kier molecular flexibility index (Phi) is 6.33. The highest BCUT2D eigenvalue weighted by atomic mass is 16.2. The van der Waals surface area contributed by atoms with E-state index in [2.05, 4.69) is 34.1 Å². The van der Waals surface area contributed by atoms with Crippen molar-refractivity contribution in [2.45, 2.75) is 25.7 Å². The van der Waals surface area contributed by atoms with Crippen LogP contribution in [0.4, 0.5) is 5.69 Å².